The number of benzene rings is 2. The maximum absolute atomic E-state index is 6.81. The van der Waals surface area contributed by atoms with Crippen LogP contribution in [0, 0.1) is 0 Å². The van der Waals surface area contributed by atoms with E-state index in [9.17, 15) is 0 Å². The number of halogens is 1. The monoisotopic (exact) mass is 374 g/mol. The third-order valence-corrected chi connectivity index (χ3v) is 5.57. The van der Waals surface area contributed by atoms with Gasteiger partial charge in [0.25, 0.3) is 0 Å². The van der Waals surface area contributed by atoms with Crippen LogP contribution in [0.25, 0.3) is 0 Å². The lowest BCUT2D eigenvalue weighted by atomic mass is 9.99. The number of para-hydroxylation sites is 1. The van der Waals surface area contributed by atoms with E-state index >= 15 is 0 Å². The van der Waals surface area contributed by atoms with Crippen molar-refractivity contribution in [1.29, 1.82) is 0 Å². The summed E-state index contributed by atoms with van der Waals surface area (Å²) in [5.41, 5.74) is 3.01. The highest BCUT2D eigenvalue weighted by atomic mass is 35.5. The Morgan fingerprint density at radius 1 is 1.24 bits per heavy atom. The van der Waals surface area contributed by atoms with E-state index in [1.54, 1.807) is 0 Å². The van der Waals surface area contributed by atoms with E-state index in [1.165, 1.54) is 5.56 Å². The molecule has 1 unspecified atom stereocenters. The van der Waals surface area contributed by atoms with Crippen molar-refractivity contribution < 1.29 is 9.47 Å². The van der Waals surface area contributed by atoms with Crippen LogP contribution in [-0.2, 0) is 6.42 Å². The zero-order valence-corrected chi connectivity index (χ0v) is 15.5. The molecule has 0 aliphatic carbocycles. The lowest BCUT2D eigenvalue weighted by Gasteiger charge is -2.39. The molecule has 0 aromatic heterocycles. The van der Waals surface area contributed by atoms with Gasteiger partial charge in [-0.15, -0.1) is 0 Å². The number of fused-ring (bicyclic) bond motifs is 2. The molecule has 0 bridgehead atoms. The number of ether oxygens (including phenoxy) is 2. The smallest absolute Gasteiger partial charge is 0.231 e. The van der Waals surface area contributed by atoms with Gasteiger partial charge in [0.05, 0.1) is 0 Å². The molecule has 2 heterocycles. The first-order valence-corrected chi connectivity index (χ1v) is 9.23. The van der Waals surface area contributed by atoms with Crippen LogP contribution in [0.5, 0.6) is 11.5 Å². The van der Waals surface area contributed by atoms with Crippen molar-refractivity contribution in [2.45, 2.75) is 18.8 Å². The molecule has 4 rings (SSSR count). The molecule has 0 saturated heterocycles. The normalized spacial score (nSPS) is 18.0. The molecule has 0 amide bonds. The van der Waals surface area contributed by atoms with Gasteiger partial charge in [0, 0.05) is 18.8 Å². The summed E-state index contributed by atoms with van der Waals surface area (Å²) in [4.78, 5) is 4.20. The highest BCUT2D eigenvalue weighted by Gasteiger charge is 2.32. The minimum absolute atomic E-state index is 0.269. The molecule has 0 spiro atoms. The second kappa shape index (κ2) is 6.73. The van der Waals surface area contributed by atoms with Crippen molar-refractivity contribution in [2.24, 2.45) is 0 Å². The first-order chi connectivity index (χ1) is 12.2. The Hall–Kier alpha value is -1.98. The first-order valence-electron chi connectivity index (χ1n) is 8.38. The highest BCUT2D eigenvalue weighted by molar-refractivity contribution is 7.80. The van der Waals surface area contributed by atoms with E-state index in [0.29, 0.717) is 0 Å². The van der Waals surface area contributed by atoms with Gasteiger partial charge in [-0.25, -0.2) is 0 Å². The molecule has 4 nitrogen and oxygen atoms in total. The summed E-state index contributed by atoms with van der Waals surface area (Å²) in [5.74, 6) is 1.56. The van der Waals surface area contributed by atoms with Crippen LogP contribution in [0.1, 0.15) is 23.6 Å². The van der Waals surface area contributed by atoms with E-state index in [0.717, 1.165) is 47.4 Å². The number of thiocarbonyl (C=S) groups is 1. The van der Waals surface area contributed by atoms with Gasteiger partial charge in [-0.1, -0.05) is 29.8 Å². The van der Waals surface area contributed by atoms with Gasteiger partial charge in [0.1, 0.15) is 5.50 Å². The summed E-state index contributed by atoms with van der Waals surface area (Å²) in [7, 11) is 0. The molecule has 0 saturated carbocycles. The number of hydrogen-bond acceptors (Lipinski definition) is 3. The SMILES string of the molecule is CCN(C(=S)N1CCc2cc3c(cc2C1Cl)OCO3)c1ccccc1. The van der Waals surface area contributed by atoms with Crippen LogP contribution in [0.3, 0.4) is 0 Å². The van der Waals surface area contributed by atoms with Crippen molar-refractivity contribution >= 4 is 34.6 Å². The van der Waals surface area contributed by atoms with Gasteiger partial charge in [0.15, 0.2) is 16.6 Å². The molecular weight excluding hydrogens is 356 g/mol. The fraction of sp³-hybridized carbons (Fsp3) is 0.316. The van der Waals surface area contributed by atoms with Crippen molar-refractivity contribution in [1.82, 2.24) is 4.90 Å². The molecule has 6 heteroatoms. The van der Waals surface area contributed by atoms with E-state index in [-0.39, 0.29) is 12.3 Å². The van der Waals surface area contributed by atoms with Crippen LogP contribution in [0.4, 0.5) is 5.69 Å². The maximum Gasteiger partial charge on any atom is 0.231 e. The van der Waals surface area contributed by atoms with Gasteiger partial charge in [-0.05, 0) is 61.0 Å². The number of hydrogen-bond donors (Lipinski definition) is 0. The summed E-state index contributed by atoms with van der Waals surface area (Å²) in [5, 5.41) is 0.747. The van der Waals surface area contributed by atoms with Crippen LogP contribution in [0.2, 0.25) is 0 Å². The molecule has 2 aromatic rings. The Morgan fingerprint density at radius 3 is 2.68 bits per heavy atom. The molecule has 0 fully saturated rings. The molecule has 2 aliphatic rings. The summed E-state index contributed by atoms with van der Waals surface area (Å²) in [6, 6.07) is 14.2. The van der Waals surface area contributed by atoms with E-state index in [4.69, 9.17) is 33.3 Å². The zero-order chi connectivity index (χ0) is 17.4. The van der Waals surface area contributed by atoms with E-state index in [2.05, 4.69) is 28.9 Å². The second-order valence-electron chi connectivity index (χ2n) is 6.05. The Bertz CT molecular complexity index is 800. The van der Waals surface area contributed by atoms with Gasteiger partial charge < -0.3 is 19.3 Å². The van der Waals surface area contributed by atoms with Crippen molar-refractivity contribution in [3.8, 4) is 11.5 Å². The standard InChI is InChI=1S/C19H19ClN2O2S/c1-2-21(14-6-4-3-5-7-14)19(25)22-9-8-13-10-16-17(24-12-23-16)11-15(13)18(22)20/h3-7,10-11,18H,2,8-9,12H2,1H3. The number of alkyl halides is 1. The van der Waals surface area contributed by atoms with E-state index in [1.807, 2.05) is 30.3 Å². The largest absolute Gasteiger partial charge is 0.454 e. The maximum atomic E-state index is 6.81. The Labute approximate surface area is 157 Å². The molecular formula is C19H19ClN2O2S. The lowest BCUT2D eigenvalue weighted by molar-refractivity contribution is 0.174. The first kappa shape index (κ1) is 16.5. The van der Waals surface area contributed by atoms with Crippen LogP contribution in [-0.4, -0.2) is 29.9 Å². The van der Waals surface area contributed by atoms with E-state index < -0.39 is 0 Å². The van der Waals surface area contributed by atoms with Gasteiger partial charge in [-0.2, -0.15) is 0 Å². The Balaban J connectivity index is 1.62. The fourth-order valence-corrected chi connectivity index (χ4v) is 4.23. The predicted octanol–water partition coefficient (Wildman–Crippen LogP) is 4.32. The molecule has 1 atom stereocenters. The number of nitrogens with zero attached hydrogens (tertiary/aromatic N) is 2. The Morgan fingerprint density at radius 2 is 1.96 bits per heavy atom. The minimum Gasteiger partial charge on any atom is -0.454 e. The van der Waals surface area contributed by atoms with Crippen molar-refractivity contribution in [2.75, 3.05) is 24.8 Å². The average Bonchev–Trinajstić information content (AvgIpc) is 3.09. The van der Waals surface area contributed by atoms with Crippen molar-refractivity contribution in [3.63, 3.8) is 0 Å². The Kier molecular flexibility index (Phi) is 4.44. The quantitative estimate of drug-likeness (QED) is 0.443. The molecule has 130 valence electrons. The predicted molar refractivity (Wildman–Crippen MR) is 104 cm³/mol. The topological polar surface area (TPSA) is 24.9 Å². The molecule has 0 radical (unpaired) electrons. The summed E-state index contributed by atoms with van der Waals surface area (Å²) in [6.07, 6.45) is 0.877. The summed E-state index contributed by atoms with van der Waals surface area (Å²) >= 11 is 12.6. The lowest BCUT2D eigenvalue weighted by Crippen LogP contribution is -2.46. The molecule has 2 aromatic carbocycles. The van der Waals surface area contributed by atoms with Crippen molar-refractivity contribution in [3.05, 3.63) is 53.6 Å². The zero-order valence-electron chi connectivity index (χ0n) is 13.9. The van der Waals surface area contributed by atoms with Gasteiger partial charge in [0.2, 0.25) is 6.79 Å². The third kappa shape index (κ3) is 2.92. The highest BCUT2D eigenvalue weighted by Crippen LogP contribution is 2.42. The number of anilines is 1. The molecule has 25 heavy (non-hydrogen) atoms. The third-order valence-electron chi connectivity index (χ3n) is 4.65. The molecule has 2 aliphatic heterocycles. The van der Waals surface area contributed by atoms with Crippen LogP contribution in [0.15, 0.2) is 42.5 Å². The minimum atomic E-state index is -0.316. The molecule has 0 N–H and O–H groups in total. The van der Waals surface area contributed by atoms with Gasteiger partial charge >= 0.3 is 0 Å². The summed E-state index contributed by atoms with van der Waals surface area (Å²) < 4.78 is 11.0. The average molecular weight is 375 g/mol. The second-order valence-corrected chi connectivity index (χ2v) is 6.82. The van der Waals surface area contributed by atoms with Gasteiger partial charge in [-0.3, -0.25) is 0 Å². The number of rotatable bonds is 2. The fourth-order valence-electron chi connectivity index (χ4n) is 3.34. The summed E-state index contributed by atoms with van der Waals surface area (Å²) in [6.45, 7) is 3.93. The van der Waals surface area contributed by atoms with Crippen LogP contribution >= 0.6 is 23.8 Å². The van der Waals surface area contributed by atoms with Crippen LogP contribution < -0.4 is 14.4 Å².